The van der Waals surface area contributed by atoms with Crippen LogP contribution < -0.4 is 5.32 Å². The van der Waals surface area contributed by atoms with Crippen LogP contribution in [0.2, 0.25) is 0 Å². The van der Waals surface area contributed by atoms with Gasteiger partial charge in [-0.25, -0.2) is 0 Å². The first kappa shape index (κ1) is 15.5. The Kier molecular flexibility index (Phi) is 6.71. The number of rotatable bonds is 6. The molecule has 0 radical (unpaired) electrons. The number of nitrogens with one attached hydrogen (secondary N) is 1. The molecule has 1 rings (SSSR count). The summed E-state index contributed by atoms with van der Waals surface area (Å²) in [7, 11) is 0. The molecule has 0 aromatic heterocycles. The van der Waals surface area contributed by atoms with E-state index in [4.69, 9.17) is 5.26 Å². The van der Waals surface area contributed by atoms with Crippen molar-refractivity contribution in [3.05, 3.63) is 0 Å². The standard InChI is InChI=1S/C16H30N2/c1-14-9-5-4-6-10-15(14)18-12-8-7-11-16(2,3)13-17/h14-15,18H,4-12H2,1-3H3. The third-order valence-corrected chi connectivity index (χ3v) is 4.30. The molecule has 0 aromatic carbocycles. The maximum absolute atomic E-state index is 8.95. The van der Waals surface area contributed by atoms with E-state index in [0.717, 1.165) is 31.3 Å². The zero-order valence-electron chi connectivity index (χ0n) is 12.5. The van der Waals surface area contributed by atoms with Gasteiger partial charge < -0.3 is 5.32 Å². The molecule has 1 N–H and O–H groups in total. The molecule has 1 saturated carbocycles. The van der Waals surface area contributed by atoms with E-state index in [1.807, 2.05) is 13.8 Å². The second kappa shape index (κ2) is 7.79. The van der Waals surface area contributed by atoms with Crippen LogP contribution in [0.25, 0.3) is 0 Å². The van der Waals surface area contributed by atoms with Crippen LogP contribution in [0.3, 0.4) is 0 Å². The topological polar surface area (TPSA) is 35.8 Å². The van der Waals surface area contributed by atoms with Crippen LogP contribution in [-0.2, 0) is 0 Å². The molecule has 104 valence electrons. The van der Waals surface area contributed by atoms with E-state index in [-0.39, 0.29) is 5.41 Å². The predicted molar refractivity (Wildman–Crippen MR) is 77.3 cm³/mol. The fourth-order valence-corrected chi connectivity index (χ4v) is 2.83. The number of unbranched alkanes of at least 4 members (excludes halogenated alkanes) is 1. The van der Waals surface area contributed by atoms with Gasteiger partial charge in [0.25, 0.3) is 0 Å². The fraction of sp³-hybridized carbons (Fsp3) is 0.938. The molecule has 18 heavy (non-hydrogen) atoms. The van der Waals surface area contributed by atoms with E-state index in [0.29, 0.717) is 0 Å². The summed E-state index contributed by atoms with van der Waals surface area (Å²) in [6.07, 6.45) is 10.3. The lowest BCUT2D eigenvalue weighted by Crippen LogP contribution is -2.35. The van der Waals surface area contributed by atoms with Crippen molar-refractivity contribution >= 4 is 0 Å². The minimum Gasteiger partial charge on any atom is -0.314 e. The van der Waals surface area contributed by atoms with Crippen molar-refractivity contribution in [2.24, 2.45) is 11.3 Å². The molecule has 1 fully saturated rings. The van der Waals surface area contributed by atoms with Gasteiger partial charge in [0.1, 0.15) is 0 Å². The lowest BCUT2D eigenvalue weighted by Gasteiger charge is -2.23. The van der Waals surface area contributed by atoms with Gasteiger partial charge in [-0.05, 0) is 52.0 Å². The van der Waals surface area contributed by atoms with Crippen molar-refractivity contribution in [1.82, 2.24) is 5.32 Å². The molecule has 0 spiro atoms. The van der Waals surface area contributed by atoms with Crippen LogP contribution in [0, 0.1) is 22.7 Å². The number of nitrogens with zero attached hydrogens (tertiary/aromatic N) is 1. The Morgan fingerprint density at radius 3 is 2.61 bits per heavy atom. The highest BCUT2D eigenvalue weighted by atomic mass is 14.9. The first-order chi connectivity index (χ1) is 8.55. The van der Waals surface area contributed by atoms with E-state index >= 15 is 0 Å². The Hall–Kier alpha value is -0.550. The summed E-state index contributed by atoms with van der Waals surface area (Å²) < 4.78 is 0. The molecule has 0 bridgehead atoms. The summed E-state index contributed by atoms with van der Waals surface area (Å²) >= 11 is 0. The van der Waals surface area contributed by atoms with Crippen molar-refractivity contribution in [3.63, 3.8) is 0 Å². The van der Waals surface area contributed by atoms with Crippen molar-refractivity contribution in [2.45, 2.75) is 78.2 Å². The first-order valence-corrected chi connectivity index (χ1v) is 7.70. The minimum absolute atomic E-state index is 0.143. The highest BCUT2D eigenvalue weighted by Gasteiger charge is 2.19. The smallest absolute Gasteiger partial charge is 0.0683 e. The Morgan fingerprint density at radius 1 is 1.17 bits per heavy atom. The zero-order valence-corrected chi connectivity index (χ0v) is 12.5. The predicted octanol–water partition coefficient (Wildman–Crippen LogP) is 4.26. The molecule has 2 heteroatoms. The second-order valence-corrected chi connectivity index (χ2v) is 6.63. The Bertz CT molecular complexity index is 265. The Morgan fingerprint density at radius 2 is 1.89 bits per heavy atom. The summed E-state index contributed by atoms with van der Waals surface area (Å²) in [6, 6.07) is 3.11. The molecule has 0 aliphatic heterocycles. The van der Waals surface area contributed by atoms with Gasteiger partial charge in [-0.1, -0.05) is 32.6 Å². The van der Waals surface area contributed by atoms with Gasteiger partial charge in [0.15, 0.2) is 0 Å². The number of hydrogen-bond donors (Lipinski definition) is 1. The van der Waals surface area contributed by atoms with Crippen LogP contribution in [-0.4, -0.2) is 12.6 Å². The number of hydrogen-bond acceptors (Lipinski definition) is 2. The summed E-state index contributed by atoms with van der Waals surface area (Å²) in [5.74, 6) is 0.836. The normalized spacial score (nSPS) is 25.4. The highest BCUT2D eigenvalue weighted by molar-refractivity contribution is 4.91. The van der Waals surface area contributed by atoms with Gasteiger partial charge in [0.05, 0.1) is 11.5 Å². The van der Waals surface area contributed by atoms with Crippen LogP contribution in [0.1, 0.15) is 72.1 Å². The van der Waals surface area contributed by atoms with E-state index in [2.05, 4.69) is 18.3 Å². The SMILES string of the molecule is CC1CCCCCC1NCCCCC(C)(C)C#N. The molecule has 1 aliphatic carbocycles. The second-order valence-electron chi connectivity index (χ2n) is 6.63. The summed E-state index contributed by atoms with van der Waals surface area (Å²) in [5, 5.41) is 12.7. The van der Waals surface area contributed by atoms with Gasteiger partial charge >= 0.3 is 0 Å². The monoisotopic (exact) mass is 250 g/mol. The molecular formula is C16H30N2. The average Bonchev–Trinajstić information content (AvgIpc) is 2.54. The van der Waals surface area contributed by atoms with Crippen LogP contribution in [0.5, 0.6) is 0 Å². The van der Waals surface area contributed by atoms with Crippen molar-refractivity contribution in [2.75, 3.05) is 6.54 Å². The molecule has 0 saturated heterocycles. The molecule has 1 aliphatic rings. The molecular weight excluding hydrogens is 220 g/mol. The van der Waals surface area contributed by atoms with Crippen LogP contribution in [0.4, 0.5) is 0 Å². The minimum atomic E-state index is -0.143. The summed E-state index contributed by atoms with van der Waals surface area (Å²) in [5.41, 5.74) is -0.143. The quantitative estimate of drug-likeness (QED) is 0.564. The lowest BCUT2D eigenvalue weighted by atomic mass is 9.89. The largest absolute Gasteiger partial charge is 0.314 e. The van der Waals surface area contributed by atoms with E-state index in [9.17, 15) is 0 Å². The van der Waals surface area contributed by atoms with E-state index in [1.54, 1.807) is 0 Å². The Labute approximate surface area is 113 Å². The lowest BCUT2D eigenvalue weighted by molar-refractivity contribution is 0.348. The third-order valence-electron chi connectivity index (χ3n) is 4.30. The van der Waals surface area contributed by atoms with E-state index in [1.165, 1.54) is 38.5 Å². The van der Waals surface area contributed by atoms with Gasteiger partial charge in [-0.15, -0.1) is 0 Å². The number of nitriles is 1. The first-order valence-electron chi connectivity index (χ1n) is 7.70. The van der Waals surface area contributed by atoms with Crippen molar-refractivity contribution in [3.8, 4) is 6.07 Å². The molecule has 2 nitrogen and oxygen atoms in total. The van der Waals surface area contributed by atoms with Gasteiger partial charge in [0.2, 0.25) is 0 Å². The Balaban J connectivity index is 2.12. The average molecular weight is 250 g/mol. The fourth-order valence-electron chi connectivity index (χ4n) is 2.83. The summed E-state index contributed by atoms with van der Waals surface area (Å²) in [4.78, 5) is 0. The third kappa shape index (κ3) is 5.87. The van der Waals surface area contributed by atoms with E-state index < -0.39 is 0 Å². The molecule has 0 amide bonds. The molecule has 0 heterocycles. The maximum atomic E-state index is 8.95. The molecule has 2 atom stereocenters. The molecule has 2 unspecified atom stereocenters. The summed E-state index contributed by atoms with van der Waals surface area (Å²) in [6.45, 7) is 7.58. The van der Waals surface area contributed by atoms with Crippen LogP contribution >= 0.6 is 0 Å². The van der Waals surface area contributed by atoms with Gasteiger partial charge in [-0.3, -0.25) is 0 Å². The zero-order chi connectivity index (χ0) is 13.4. The van der Waals surface area contributed by atoms with Crippen molar-refractivity contribution in [1.29, 1.82) is 5.26 Å². The van der Waals surface area contributed by atoms with Crippen LogP contribution in [0.15, 0.2) is 0 Å². The van der Waals surface area contributed by atoms with Crippen molar-refractivity contribution < 1.29 is 0 Å². The molecule has 0 aromatic rings. The highest BCUT2D eigenvalue weighted by Crippen LogP contribution is 2.24. The van der Waals surface area contributed by atoms with Gasteiger partial charge in [-0.2, -0.15) is 5.26 Å². The van der Waals surface area contributed by atoms with Gasteiger partial charge in [0, 0.05) is 6.04 Å². The maximum Gasteiger partial charge on any atom is 0.0683 e.